The summed E-state index contributed by atoms with van der Waals surface area (Å²) in [6.07, 6.45) is 6.55. The highest BCUT2D eigenvalue weighted by atomic mass is 15.2. The van der Waals surface area contributed by atoms with Gasteiger partial charge < -0.3 is 4.90 Å². The van der Waals surface area contributed by atoms with Gasteiger partial charge in [-0.15, -0.1) is 0 Å². The third-order valence-corrected chi connectivity index (χ3v) is 5.40. The van der Waals surface area contributed by atoms with Gasteiger partial charge in [-0.2, -0.15) is 0 Å². The van der Waals surface area contributed by atoms with E-state index in [9.17, 15) is 0 Å². The quantitative estimate of drug-likeness (QED) is 0.656. The summed E-state index contributed by atoms with van der Waals surface area (Å²) in [6.45, 7) is 3.73. The summed E-state index contributed by atoms with van der Waals surface area (Å²) >= 11 is 0. The Morgan fingerprint density at radius 1 is 0.786 bits per heavy atom. The molecule has 138 valence electrons. The van der Waals surface area contributed by atoms with Gasteiger partial charge in [0.1, 0.15) is 5.82 Å². The number of hydrogen-bond acceptors (Lipinski definition) is 3. The van der Waals surface area contributed by atoms with Crippen LogP contribution in [0.3, 0.4) is 0 Å². The second-order valence-corrected chi connectivity index (χ2v) is 7.42. The van der Waals surface area contributed by atoms with Crippen molar-refractivity contribution in [3.05, 3.63) is 114 Å². The highest BCUT2D eigenvalue weighted by Crippen LogP contribution is 2.38. The van der Waals surface area contributed by atoms with Crippen LogP contribution in [0, 0.1) is 0 Å². The van der Waals surface area contributed by atoms with Gasteiger partial charge in [-0.25, -0.2) is 4.98 Å². The first-order valence-corrected chi connectivity index (χ1v) is 9.80. The molecule has 0 amide bonds. The van der Waals surface area contributed by atoms with Crippen LogP contribution in [0.2, 0.25) is 0 Å². The molecule has 0 bridgehead atoms. The molecule has 0 fully saturated rings. The molecule has 5 rings (SSSR count). The van der Waals surface area contributed by atoms with Crippen LogP contribution in [0.1, 0.15) is 16.7 Å². The minimum absolute atomic E-state index is 0.834. The summed E-state index contributed by atoms with van der Waals surface area (Å²) < 4.78 is 0. The van der Waals surface area contributed by atoms with E-state index in [4.69, 9.17) is 4.98 Å². The minimum atomic E-state index is 0.834. The molecule has 0 atom stereocenters. The normalized spacial score (nSPS) is 16.1. The molecule has 2 aliphatic rings. The van der Waals surface area contributed by atoms with Crippen molar-refractivity contribution in [3.8, 4) is 0 Å². The Bertz CT molecular complexity index is 1020. The topological polar surface area (TPSA) is 19.4 Å². The Morgan fingerprint density at radius 3 is 2.25 bits per heavy atom. The lowest BCUT2D eigenvalue weighted by Crippen LogP contribution is -2.33. The highest BCUT2D eigenvalue weighted by Gasteiger charge is 2.26. The zero-order valence-electron chi connectivity index (χ0n) is 15.8. The van der Waals surface area contributed by atoms with E-state index >= 15 is 0 Å². The smallest absolute Gasteiger partial charge is 0.140 e. The molecule has 2 aliphatic heterocycles. The van der Waals surface area contributed by atoms with E-state index in [2.05, 4.69) is 88.8 Å². The molecule has 0 saturated heterocycles. The zero-order chi connectivity index (χ0) is 18.8. The number of pyridine rings is 1. The van der Waals surface area contributed by atoms with Crippen molar-refractivity contribution in [2.24, 2.45) is 0 Å². The van der Waals surface area contributed by atoms with Gasteiger partial charge in [-0.1, -0.05) is 66.7 Å². The van der Waals surface area contributed by atoms with Gasteiger partial charge in [0.05, 0.1) is 0 Å². The van der Waals surface area contributed by atoms with E-state index in [0.29, 0.717) is 0 Å². The second kappa shape index (κ2) is 7.45. The summed E-state index contributed by atoms with van der Waals surface area (Å²) in [5.74, 6) is 1.05. The molecule has 28 heavy (non-hydrogen) atoms. The fourth-order valence-electron chi connectivity index (χ4n) is 4.08. The fourth-order valence-corrected chi connectivity index (χ4v) is 4.08. The minimum Gasteiger partial charge on any atom is -0.328 e. The molecule has 0 spiro atoms. The number of nitrogens with zero attached hydrogens (tertiary/aromatic N) is 3. The van der Waals surface area contributed by atoms with Crippen LogP contribution in [0.4, 0.5) is 5.82 Å². The average molecular weight is 365 g/mol. The maximum absolute atomic E-state index is 4.70. The summed E-state index contributed by atoms with van der Waals surface area (Å²) in [6, 6.07) is 25.6. The lowest BCUT2D eigenvalue weighted by molar-refractivity contribution is 0.317. The van der Waals surface area contributed by atoms with Crippen molar-refractivity contribution >= 4 is 11.4 Å². The Balaban J connectivity index is 1.45. The van der Waals surface area contributed by atoms with Crippen molar-refractivity contribution in [3.63, 3.8) is 0 Å². The molecular formula is C25H23N3. The Morgan fingerprint density at radius 2 is 1.50 bits per heavy atom. The van der Waals surface area contributed by atoms with Crippen LogP contribution in [-0.4, -0.2) is 23.0 Å². The highest BCUT2D eigenvalue weighted by molar-refractivity contribution is 5.89. The fraction of sp³-hybridized carbons (Fsp3) is 0.160. The second-order valence-electron chi connectivity index (χ2n) is 7.42. The van der Waals surface area contributed by atoms with Crippen LogP contribution in [0.25, 0.3) is 5.57 Å². The molecule has 3 heterocycles. The first kappa shape index (κ1) is 17.0. The lowest BCUT2D eigenvalue weighted by Gasteiger charge is -2.35. The van der Waals surface area contributed by atoms with Gasteiger partial charge in [0.15, 0.2) is 0 Å². The number of rotatable bonds is 4. The van der Waals surface area contributed by atoms with Gasteiger partial charge in [-0.05, 0) is 34.4 Å². The van der Waals surface area contributed by atoms with E-state index in [1.807, 2.05) is 12.3 Å². The first-order valence-electron chi connectivity index (χ1n) is 9.80. The van der Waals surface area contributed by atoms with E-state index < -0.39 is 0 Å². The molecule has 3 heteroatoms. The molecule has 0 saturated carbocycles. The molecule has 0 radical (unpaired) electrons. The van der Waals surface area contributed by atoms with Crippen LogP contribution in [-0.2, 0) is 13.1 Å². The number of aromatic nitrogens is 1. The SMILES string of the molecule is C1=C2CN(Cc3ccccc3)CC=C2c2cccnc2N1Cc1ccccc1. The molecule has 3 nitrogen and oxygen atoms in total. The van der Waals surface area contributed by atoms with Crippen molar-refractivity contribution in [2.75, 3.05) is 18.0 Å². The molecule has 0 N–H and O–H groups in total. The third-order valence-electron chi connectivity index (χ3n) is 5.40. The molecule has 0 unspecified atom stereocenters. The lowest BCUT2D eigenvalue weighted by atomic mass is 9.92. The summed E-state index contributed by atoms with van der Waals surface area (Å²) in [5.41, 5.74) is 6.62. The summed E-state index contributed by atoms with van der Waals surface area (Å²) in [5, 5.41) is 0. The number of benzene rings is 2. The van der Waals surface area contributed by atoms with Crippen LogP contribution in [0.5, 0.6) is 0 Å². The van der Waals surface area contributed by atoms with Gasteiger partial charge in [0.2, 0.25) is 0 Å². The maximum Gasteiger partial charge on any atom is 0.140 e. The summed E-state index contributed by atoms with van der Waals surface area (Å²) in [4.78, 5) is 9.49. The van der Waals surface area contributed by atoms with E-state index in [-0.39, 0.29) is 0 Å². The van der Waals surface area contributed by atoms with Crippen LogP contribution in [0.15, 0.2) is 96.8 Å². The molecular weight excluding hydrogens is 342 g/mol. The van der Waals surface area contributed by atoms with E-state index in [1.54, 1.807) is 0 Å². The van der Waals surface area contributed by atoms with Crippen LogP contribution < -0.4 is 4.90 Å². The van der Waals surface area contributed by atoms with Gasteiger partial charge in [-0.3, -0.25) is 4.90 Å². The largest absolute Gasteiger partial charge is 0.328 e. The van der Waals surface area contributed by atoms with Crippen molar-refractivity contribution in [1.82, 2.24) is 9.88 Å². The summed E-state index contributed by atoms with van der Waals surface area (Å²) in [7, 11) is 0. The zero-order valence-corrected chi connectivity index (χ0v) is 15.8. The van der Waals surface area contributed by atoms with Gasteiger partial charge >= 0.3 is 0 Å². The number of anilines is 1. The molecule has 1 aromatic heterocycles. The third kappa shape index (κ3) is 3.37. The van der Waals surface area contributed by atoms with Crippen molar-refractivity contribution in [1.29, 1.82) is 0 Å². The maximum atomic E-state index is 4.70. The van der Waals surface area contributed by atoms with Gasteiger partial charge in [0.25, 0.3) is 0 Å². The molecule has 3 aromatic rings. The Hall–Kier alpha value is -3.17. The predicted octanol–water partition coefficient (Wildman–Crippen LogP) is 4.88. The molecule has 0 aliphatic carbocycles. The average Bonchev–Trinajstić information content (AvgIpc) is 2.75. The van der Waals surface area contributed by atoms with Crippen molar-refractivity contribution < 1.29 is 0 Å². The number of fused-ring (bicyclic) bond motifs is 3. The van der Waals surface area contributed by atoms with Crippen molar-refractivity contribution in [2.45, 2.75) is 13.1 Å². The predicted molar refractivity (Wildman–Crippen MR) is 115 cm³/mol. The monoisotopic (exact) mass is 365 g/mol. The van der Waals surface area contributed by atoms with Crippen LogP contribution >= 0.6 is 0 Å². The first-order chi connectivity index (χ1) is 13.9. The Labute approximate surface area is 166 Å². The van der Waals surface area contributed by atoms with E-state index in [1.165, 1.54) is 27.8 Å². The van der Waals surface area contributed by atoms with Gasteiger partial charge in [0, 0.05) is 44.1 Å². The standard InChI is InChI=1S/C25H23N3/c1-3-8-20(9-4-1)16-27-15-13-23-22(18-27)19-28(17-21-10-5-2-6-11-21)25-24(23)12-7-14-26-25/h1-14,19H,15-18H2. The number of hydrogen-bond donors (Lipinski definition) is 0. The molecule has 2 aromatic carbocycles. The van der Waals surface area contributed by atoms with E-state index in [0.717, 1.165) is 32.0 Å². The Kier molecular flexibility index (Phi) is 4.51.